The molecule has 0 saturated carbocycles. The molecule has 160 valence electrons. The molecule has 0 amide bonds. The quantitative estimate of drug-likeness (QED) is 0.351. The van der Waals surface area contributed by atoms with Gasteiger partial charge in [0.2, 0.25) is 0 Å². The topological polar surface area (TPSA) is 44.8 Å². The fourth-order valence-electron chi connectivity index (χ4n) is 3.77. The molecule has 0 fully saturated rings. The van der Waals surface area contributed by atoms with E-state index in [9.17, 15) is 4.79 Å². The number of carbonyl (C=O) groups is 1. The van der Waals surface area contributed by atoms with Crippen molar-refractivity contribution in [3.8, 4) is 5.75 Å². The van der Waals surface area contributed by atoms with E-state index in [1.165, 1.54) is 5.56 Å². The molecule has 4 nitrogen and oxygen atoms in total. The lowest BCUT2D eigenvalue weighted by atomic mass is 9.70. The summed E-state index contributed by atoms with van der Waals surface area (Å²) in [6.45, 7) is 19.7. The highest BCUT2D eigenvalue weighted by Gasteiger charge is 2.30. The van der Waals surface area contributed by atoms with Crippen molar-refractivity contribution in [1.29, 1.82) is 0 Å². The number of carbonyl (C=O) groups excluding carboxylic acids is 1. The van der Waals surface area contributed by atoms with Crippen LogP contribution in [-0.2, 0) is 14.3 Å². The van der Waals surface area contributed by atoms with E-state index in [4.69, 9.17) is 14.2 Å². The Bertz CT molecular complexity index is 596. The summed E-state index contributed by atoms with van der Waals surface area (Å²) in [4.78, 5) is 11.9. The average Bonchev–Trinajstić information content (AvgIpc) is 2.55. The smallest absolute Gasteiger partial charge is 0.311 e. The van der Waals surface area contributed by atoms with E-state index in [0.29, 0.717) is 31.5 Å². The second-order valence-corrected chi connectivity index (χ2v) is 9.57. The molecule has 0 radical (unpaired) electrons. The molecule has 1 aromatic carbocycles. The van der Waals surface area contributed by atoms with Crippen LogP contribution >= 0.6 is 0 Å². The van der Waals surface area contributed by atoms with Gasteiger partial charge in [-0.05, 0) is 69.1 Å². The molecule has 0 spiro atoms. The molecule has 28 heavy (non-hydrogen) atoms. The monoisotopic (exact) mass is 392 g/mol. The maximum atomic E-state index is 11.9. The van der Waals surface area contributed by atoms with E-state index in [2.05, 4.69) is 46.8 Å². The van der Waals surface area contributed by atoms with Gasteiger partial charge in [0, 0.05) is 0 Å². The van der Waals surface area contributed by atoms with Crippen LogP contribution in [0.25, 0.3) is 0 Å². The van der Waals surface area contributed by atoms with Crippen LogP contribution in [0.4, 0.5) is 0 Å². The third-order valence-electron chi connectivity index (χ3n) is 5.05. The van der Waals surface area contributed by atoms with Crippen LogP contribution in [0.3, 0.4) is 0 Å². The molecular weight excluding hydrogens is 352 g/mol. The molecule has 2 unspecified atom stereocenters. The standard InChI is InChI=1S/C24H40O4/c1-10-26-22(25)24(8,9)15-16-27-18(4)28-20-13-11-19(12-14-20)21(17(2)3)23(5,6)7/h11-14,17-18,21H,10,15-16H2,1-9H3. The van der Waals surface area contributed by atoms with E-state index < -0.39 is 5.41 Å². The maximum absolute atomic E-state index is 11.9. The maximum Gasteiger partial charge on any atom is 0.311 e. The lowest BCUT2D eigenvalue weighted by Gasteiger charge is -2.34. The van der Waals surface area contributed by atoms with E-state index in [0.717, 1.165) is 5.75 Å². The van der Waals surface area contributed by atoms with Gasteiger partial charge in [-0.15, -0.1) is 0 Å². The van der Waals surface area contributed by atoms with Crippen LogP contribution in [0.5, 0.6) is 5.75 Å². The number of benzene rings is 1. The minimum Gasteiger partial charge on any atom is -0.466 e. The first-order chi connectivity index (χ1) is 12.9. The molecular formula is C24H40O4. The Labute approximate surface area is 172 Å². The largest absolute Gasteiger partial charge is 0.466 e. The fourth-order valence-corrected chi connectivity index (χ4v) is 3.77. The predicted molar refractivity (Wildman–Crippen MR) is 115 cm³/mol. The van der Waals surface area contributed by atoms with Gasteiger partial charge < -0.3 is 14.2 Å². The molecule has 0 bridgehead atoms. The Morgan fingerprint density at radius 1 is 1.00 bits per heavy atom. The molecule has 0 aliphatic rings. The molecule has 0 saturated heterocycles. The first-order valence-corrected chi connectivity index (χ1v) is 10.4. The highest BCUT2D eigenvalue weighted by atomic mass is 16.7. The lowest BCUT2D eigenvalue weighted by molar-refractivity contribution is -0.155. The molecule has 0 aromatic heterocycles. The van der Waals surface area contributed by atoms with Crippen molar-refractivity contribution in [2.75, 3.05) is 13.2 Å². The summed E-state index contributed by atoms with van der Waals surface area (Å²) in [5, 5.41) is 0. The average molecular weight is 393 g/mol. The van der Waals surface area contributed by atoms with Gasteiger partial charge in [0.25, 0.3) is 0 Å². The van der Waals surface area contributed by atoms with Crippen LogP contribution in [0.2, 0.25) is 0 Å². The summed E-state index contributed by atoms with van der Waals surface area (Å²) >= 11 is 0. The van der Waals surface area contributed by atoms with Gasteiger partial charge in [0.1, 0.15) is 5.75 Å². The number of rotatable bonds is 10. The van der Waals surface area contributed by atoms with Crippen molar-refractivity contribution in [3.05, 3.63) is 29.8 Å². The van der Waals surface area contributed by atoms with Crippen LogP contribution in [0.1, 0.15) is 80.2 Å². The molecule has 1 aromatic rings. The molecule has 0 aliphatic carbocycles. The summed E-state index contributed by atoms with van der Waals surface area (Å²) in [6, 6.07) is 8.33. The normalized spacial score (nSPS) is 14.6. The summed E-state index contributed by atoms with van der Waals surface area (Å²) in [7, 11) is 0. The minimum atomic E-state index is -0.559. The third-order valence-corrected chi connectivity index (χ3v) is 5.05. The zero-order valence-corrected chi connectivity index (χ0v) is 19.3. The highest BCUT2D eigenvalue weighted by molar-refractivity contribution is 5.75. The molecule has 2 atom stereocenters. The van der Waals surface area contributed by atoms with Crippen molar-refractivity contribution >= 4 is 5.97 Å². The second-order valence-electron chi connectivity index (χ2n) is 9.57. The Kier molecular flexibility index (Phi) is 9.00. The van der Waals surface area contributed by atoms with Gasteiger partial charge in [-0.25, -0.2) is 0 Å². The van der Waals surface area contributed by atoms with E-state index in [1.54, 1.807) is 0 Å². The van der Waals surface area contributed by atoms with Gasteiger partial charge in [0.05, 0.1) is 18.6 Å². The van der Waals surface area contributed by atoms with Crippen molar-refractivity contribution in [2.45, 2.75) is 80.9 Å². The third kappa shape index (κ3) is 7.46. The highest BCUT2D eigenvalue weighted by Crippen LogP contribution is 2.41. The predicted octanol–water partition coefficient (Wildman–Crippen LogP) is 6.19. The zero-order valence-electron chi connectivity index (χ0n) is 19.3. The van der Waals surface area contributed by atoms with E-state index in [-0.39, 0.29) is 17.7 Å². The molecule has 0 N–H and O–H groups in total. The molecule has 0 aliphatic heterocycles. The Morgan fingerprint density at radius 3 is 2.04 bits per heavy atom. The van der Waals surface area contributed by atoms with Crippen LogP contribution in [-0.4, -0.2) is 25.5 Å². The van der Waals surface area contributed by atoms with Gasteiger partial charge in [-0.2, -0.15) is 0 Å². The second kappa shape index (κ2) is 10.3. The number of ether oxygens (including phenoxy) is 3. The summed E-state index contributed by atoms with van der Waals surface area (Å²) in [5.41, 5.74) is 0.981. The zero-order chi connectivity index (χ0) is 21.5. The number of esters is 1. The Hall–Kier alpha value is -1.55. The fraction of sp³-hybridized carbons (Fsp3) is 0.708. The number of hydrogen-bond acceptors (Lipinski definition) is 4. The first kappa shape index (κ1) is 24.5. The molecule has 0 heterocycles. The molecule has 1 rings (SSSR count). The number of hydrogen-bond donors (Lipinski definition) is 0. The van der Waals surface area contributed by atoms with Crippen molar-refractivity contribution < 1.29 is 19.0 Å². The van der Waals surface area contributed by atoms with Gasteiger partial charge >= 0.3 is 5.97 Å². The minimum absolute atomic E-state index is 0.193. The van der Waals surface area contributed by atoms with Crippen molar-refractivity contribution in [1.82, 2.24) is 0 Å². The first-order valence-electron chi connectivity index (χ1n) is 10.4. The Balaban J connectivity index is 2.59. The van der Waals surface area contributed by atoms with Crippen molar-refractivity contribution in [3.63, 3.8) is 0 Å². The van der Waals surface area contributed by atoms with Gasteiger partial charge in [-0.3, -0.25) is 4.79 Å². The summed E-state index contributed by atoms with van der Waals surface area (Å²) in [6.07, 6.45) is 0.201. The summed E-state index contributed by atoms with van der Waals surface area (Å²) in [5.74, 6) is 1.65. The van der Waals surface area contributed by atoms with Crippen LogP contribution < -0.4 is 4.74 Å². The van der Waals surface area contributed by atoms with Gasteiger partial charge in [-0.1, -0.05) is 46.8 Å². The molecule has 4 heteroatoms. The van der Waals surface area contributed by atoms with Gasteiger partial charge in [0.15, 0.2) is 6.29 Å². The summed E-state index contributed by atoms with van der Waals surface area (Å²) < 4.78 is 16.7. The van der Waals surface area contributed by atoms with E-state index >= 15 is 0 Å². The van der Waals surface area contributed by atoms with Crippen molar-refractivity contribution in [2.24, 2.45) is 16.7 Å². The SMILES string of the molecule is CCOC(=O)C(C)(C)CCOC(C)Oc1ccc(C(C(C)C)C(C)(C)C)cc1. The van der Waals surface area contributed by atoms with E-state index in [1.807, 2.05) is 39.8 Å². The lowest BCUT2D eigenvalue weighted by Crippen LogP contribution is -2.29. The van der Waals surface area contributed by atoms with Crippen LogP contribution in [0.15, 0.2) is 24.3 Å². The Morgan fingerprint density at radius 2 is 1.57 bits per heavy atom. The van der Waals surface area contributed by atoms with Crippen LogP contribution in [0, 0.1) is 16.7 Å².